The third-order valence-corrected chi connectivity index (χ3v) is 2.90. The number of nitrogens with zero attached hydrogens (tertiary/aromatic N) is 1. The number of rotatable bonds is 5. The van der Waals surface area contributed by atoms with Gasteiger partial charge in [0.25, 0.3) is 0 Å². The van der Waals surface area contributed by atoms with Crippen LogP contribution in [0.25, 0.3) is 0 Å². The number of hydrogen-bond donors (Lipinski definition) is 1. The molecular weight excluding hydrogens is 220 g/mol. The fourth-order valence-electron chi connectivity index (χ4n) is 1.58. The minimum absolute atomic E-state index is 0.497. The van der Waals surface area contributed by atoms with E-state index in [0.29, 0.717) is 16.6 Å². The molecule has 3 heteroatoms. The zero-order valence-corrected chi connectivity index (χ0v) is 10.5. The van der Waals surface area contributed by atoms with Gasteiger partial charge in [0.1, 0.15) is 0 Å². The van der Waals surface area contributed by atoms with Crippen molar-refractivity contribution in [1.29, 1.82) is 5.26 Å². The van der Waals surface area contributed by atoms with Gasteiger partial charge in [0.05, 0.1) is 11.6 Å². The van der Waals surface area contributed by atoms with Crippen LogP contribution < -0.4 is 5.32 Å². The zero-order valence-electron chi connectivity index (χ0n) is 9.76. The Labute approximate surface area is 102 Å². The molecule has 1 atom stereocenters. The molecule has 1 rings (SSSR count). The monoisotopic (exact) mass is 236 g/mol. The molecule has 0 fully saturated rings. The van der Waals surface area contributed by atoms with Crippen molar-refractivity contribution in [2.75, 3.05) is 0 Å². The standard InChI is InChI=1S/C13H17ClN2/c1-3-4-10(2)16-9-12-6-5-11(8-15)7-13(12)14/h5-7,10,16H,3-4,9H2,1-2H3. The van der Waals surface area contributed by atoms with Crippen molar-refractivity contribution < 1.29 is 0 Å². The Morgan fingerprint density at radius 2 is 2.25 bits per heavy atom. The molecule has 16 heavy (non-hydrogen) atoms. The van der Waals surface area contributed by atoms with Crippen LogP contribution in [0.15, 0.2) is 18.2 Å². The van der Waals surface area contributed by atoms with Crippen LogP contribution in [-0.2, 0) is 6.54 Å². The normalized spacial score (nSPS) is 12.1. The first-order valence-electron chi connectivity index (χ1n) is 5.59. The van der Waals surface area contributed by atoms with Crippen molar-refractivity contribution in [2.45, 2.75) is 39.3 Å². The molecule has 1 unspecified atom stereocenters. The van der Waals surface area contributed by atoms with Crippen LogP contribution in [0.5, 0.6) is 0 Å². The molecule has 0 spiro atoms. The second-order valence-corrected chi connectivity index (χ2v) is 4.40. The van der Waals surface area contributed by atoms with Gasteiger partial charge in [0.2, 0.25) is 0 Å². The molecule has 1 aromatic carbocycles. The SMILES string of the molecule is CCCC(C)NCc1ccc(C#N)cc1Cl. The molecule has 0 saturated heterocycles. The lowest BCUT2D eigenvalue weighted by atomic mass is 10.1. The second kappa shape index (κ2) is 6.52. The lowest BCUT2D eigenvalue weighted by Crippen LogP contribution is -2.25. The van der Waals surface area contributed by atoms with Gasteiger partial charge in [-0.3, -0.25) is 0 Å². The lowest BCUT2D eigenvalue weighted by molar-refractivity contribution is 0.508. The molecule has 0 heterocycles. The Kier molecular flexibility index (Phi) is 5.31. The number of benzene rings is 1. The first kappa shape index (κ1) is 13.0. The van der Waals surface area contributed by atoms with Gasteiger partial charge in [-0.2, -0.15) is 5.26 Å². The quantitative estimate of drug-likeness (QED) is 0.850. The molecule has 0 aliphatic heterocycles. The van der Waals surface area contributed by atoms with Gasteiger partial charge in [0.15, 0.2) is 0 Å². The third-order valence-electron chi connectivity index (χ3n) is 2.54. The van der Waals surface area contributed by atoms with E-state index in [9.17, 15) is 0 Å². The Morgan fingerprint density at radius 1 is 1.50 bits per heavy atom. The molecule has 0 aromatic heterocycles. The lowest BCUT2D eigenvalue weighted by Gasteiger charge is -2.13. The maximum absolute atomic E-state index is 8.72. The van der Waals surface area contributed by atoms with Crippen molar-refractivity contribution in [3.05, 3.63) is 34.3 Å². The van der Waals surface area contributed by atoms with E-state index in [-0.39, 0.29) is 0 Å². The summed E-state index contributed by atoms with van der Waals surface area (Å²) in [5.41, 5.74) is 1.65. The number of nitrogens with one attached hydrogen (secondary N) is 1. The van der Waals surface area contributed by atoms with Crippen molar-refractivity contribution >= 4 is 11.6 Å². The maximum Gasteiger partial charge on any atom is 0.0992 e. The highest BCUT2D eigenvalue weighted by Gasteiger charge is 2.04. The van der Waals surface area contributed by atoms with Gasteiger partial charge in [-0.1, -0.05) is 31.0 Å². The van der Waals surface area contributed by atoms with E-state index in [1.807, 2.05) is 6.07 Å². The van der Waals surface area contributed by atoms with Crippen LogP contribution in [0.3, 0.4) is 0 Å². The van der Waals surface area contributed by atoms with Crippen LogP contribution in [-0.4, -0.2) is 6.04 Å². The summed E-state index contributed by atoms with van der Waals surface area (Å²) in [7, 11) is 0. The molecule has 0 bridgehead atoms. The minimum atomic E-state index is 0.497. The molecule has 0 saturated carbocycles. The smallest absolute Gasteiger partial charge is 0.0992 e. The average Bonchev–Trinajstić information content (AvgIpc) is 2.27. The highest BCUT2D eigenvalue weighted by Crippen LogP contribution is 2.17. The number of hydrogen-bond acceptors (Lipinski definition) is 2. The molecule has 0 amide bonds. The first-order valence-corrected chi connectivity index (χ1v) is 5.97. The van der Waals surface area contributed by atoms with Crippen LogP contribution in [0.2, 0.25) is 5.02 Å². The Hall–Kier alpha value is -1.04. The summed E-state index contributed by atoms with van der Waals surface area (Å²) >= 11 is 6.08. The van der Waals surface area contributed by atoms with Crippen LogP contribution in [0.1, 0.15) is 37.8 Å². The molecule has 86 valence electrons. The molecule has 0 aliphatic rings. The second-order valence-electron chi connectivity index (χ2n) is 3.99. The van der Waals surface area contributed by atoms with Crippen molar-refractivity contribution in [3.63, 3.8) is 0 Å². The summed E-state index contributed by atoms with van der Waals surface area (Å²) < 4.78 is 0. The van der Waals surface area contributed by atoms with E-state index in [4.69, 9.17) is 16.9 Å². The fraction of sp³-hybridized carbons (Fsp3) is 0.462. The van der Waals surface area contributed by atoms with Crippen molar-refractivity contribution in [1.82, 2.24) is 5.32 Å². The van der Waals surface area contributed by atoms with E-state index < -0.39 is 0 Å². The fourth-order valence-corrected chi connectivity index (χ4v) is 1.83. The predicted octanol–water partition coefficient (Wildman–Crippen LogP) is 3.49. The van der Waals surface area contributed by atoms with Gasteiger partial charge >= 0.3 is 0 Å². The summed E-state index contributed by atoms with van der Waals surface area (Å²) in [4.78, 5) is 0. The Bertz CT molecular complexity index is 382. The van der Waals surface area contributed by atoms with E-state index >= 15 is 0 Å². The van der Waals surface area contributed by atoms with Crippen molar-refractivity contribution in [3.8, 4) is 6.07 Å². The number of halogens is 1. The zero-order chi connectivity index (χ0) is 12.0. The Morgan fingerprint density at radius 3 is 2.81 bits per heavy atom. The van der Waals surface area contributed by atoms with Crippen LogP contribution >= 0.6 is 11.6 Å². The molecular formula is C13H17ClN2. The summed E-state index contributed by atoms with van der Waals surface area (Å²) in [6, 6.07) is 7.99. The first-order chi connectivity index (χ1) is 7.67. The minimum Gasteiger partial charge on any atom is -0.310 e. The summed E-state index contributed by atoms with van der Waals surface area (Å²) in [5, 5.41) is 12.8. The molecule has 0 radical (unpaired) electrons. The Balaban J connectivity index is 2.58. The van der Waals surface area contributed by atoms with E-state index in [2.05, 4.69) is 25.2 Å². The highest BCUT2D eigenvalue weighted by atomic mass is 35.5. The van der Waals surface area contributed by atoms with E-state index in [1.54, 1.807) is 12.1 Å². The highest BCUT2D eigenvalue weighted by molar-refractivity contribution is 6.31. The summed E-state index contributed by atoms with van der Waals surface area (Å²) in [5.74, 6) is 0. The van der Waals surface area contributed by atoms with E-state index in [1.165, 1.54) is 6.42 Å². The third kappa shape index (κ3) is 3.84. The average molecular weight is 237 g/mol. The largest absolute Gasteiger partial charge is 0.310 e. The van der Waals surface area contributed by atoms with Gasteiger partial charge in [-0.15, -0.1) is 0 Å². The van der Waals surface area contributed by atoms with E-state index in [0.717, 1.165) is 18.5 Å². The topological polar surface area (TPSA) is 35.8 Å². The predicted molar refractivity (Wildman–Crippen MR) is 67.4 cm³/mol. The van der Waals surface area contributed by atoms with Crippen LogP contribution in [0.4, 0.5) is 0 Å². The van der Waals surface area contributed by atoms with Gasteiger partial charge < -0.3 is 5.32 Å². The van der Waals surface area contributed by atoms with Crippen molar-refractivity contribution in [2.24, 2.45) is 0 Å². The van der Waals surface area contributed by atoms with Gasteiger partial charge in [0, 0.05) is 17.6 Å². The molecule has 0 aliphatic carbocycles. The number of nitriles is 1. The summed E-state index contributed by atoms with van der Waals surface area (Å²) in [6.45, 7) is 5.10. The molecule has 2 nitrogen and oxygen atoms in total. The summed E-state index contributed by atoms with van der Waals surface area (Å²) in [6.07, 6.45) is 2.34. The van der Waals surface area contributed by atoms with Gasteiger partial charge in [-0.25, -0.2) is 0 Å². The molecule has 1 aromatic rings. The molecule has 1 N–H and O–H groups in total. The maximum atomic E-state index is 8.72. The van der Waals surface area contributed by atoms with Crippen LogP contribution in [0, 0.1) is 11.3 Å². The van der Waals surface area contributed by atoms with Gasteiger partial charge in [-0.05, 0) is 31.0 Å².